The lowest BCUT2D eigenvalue weighted by Crippen LogP contribution is -2.20. The molecule has 1 N–H and O–H groups in total. The maximum atomic E-state index is 12.8. The number of hydrogen-bond donors (Lipinski definition) is 1. The fraction of sp³-hybridized carbons (Fsp3) is 0.125. The highest BCUT2D eigenvalue weighted by molar-refractivity contribution is 7.98. The molecule has 114 valence electrons. The third kappa shape index (κ3) is 4.60. The van der Waals surface area contributed by atoms with Crippen LogP contribution in [-0.4, -0.2) is 24.7 Å². The van der Waals surface area contributed by atoms with Crippen LogP contribution in [0.25, 0.3) is 0 Å². The van der Waals surface area contributed by atoms with Gasteiger partial charge in [0.25, 0.3) is 5.91 Å². The average molecular weight is 319 g/mol. The van der Waals surface area contributed by atoms with E-state index in [4.69, 9.17) is 4.74 Å². The van der Waals surface area contributed by atoms with Gasteiger partial charge in [0.2, 0.25) is 0 Å². The van der Waals surface area contributed by atoms with Crippen LogP contribution in [0, 0.1) is 5.82 Å². The molecular weight excluding hydrogens is 305 g/mol. The largest absolute Gasteiger partial charge is 0.452 e. The molecule has 0 aliphatic carbocycles. The van der Waals surface area contributed by atoms with E-state index >= 15 is 0 Å². The van der Waals surface area contributed by atoms with Crippen LogP contribution >= 0.6 is 11.8 Å². The van der Waals surface area contributed by atoms with Crippen molar-refractivity contribution in [2.75, 3.05) is 18.2 Å². The first-order valence-corrected chi connectivity index (χ1v) is 7.67. The summed E-state index contributed by atoms with van der Waals surface area (Å²) in [6, 6.07) is 12.2. The SMILES string of the molecule is CSc1cccc(NC(=O)COC(=O)c2ccc(F)cc2)c1. The number of carbonyl (C=O) groups is 2. The van der Waals surface area contributed by atoms with Crippen LogP contribution < -0.4 is 5.32 Å². The molecule has 0 bridgehead atoms. The van der Waals surface area contributed by atoms with Crippen molar-refractivity contribution >= 4 is 29.3 Å². The molecule has 0 unspecified atom stereocenters. The van der Waals surface area contributed by atoms with Crippen LogP contribution in [0.2, 0.25) is 0 Å². The van der Waals surface area contributed by atoms with Crippen molar-refractivity contribution in [3.05, 3.63) is 59.9 Å². The van der Waals surface area contributed by atoms with Gasteiger partial charge >= 0.3 is 5.97 Å². The highest BCUT2D eigenvalue weighted by Gasteiger charge is 2.10. The number of hydrogen-bond acceptors (Lipinski definition) is 4. The molecule has 0 saturated carbocycles. The predicted octanol–water partition coefficient (Wildman–Crippen LogP) is 3.34. The van der Waals surface area contributed by atoms with Gasteiger partial charge in [0.1, 0.15) is 5.82 Å². The van der Waals surface area contributed by atoms with Crippen LogP contribution in [0.4, 0.5) is 10.1 Å². The summed E-state index contributed by atoms with van der Waals surface area (Å²) >= 11 is 1.56. The second kappa shape index (κ2) is 7.61. The number of ether oxygens (including phenoxy) is 1. The molecule has 0 radical (unpaired) electrons. The van der Waals surface area contributed by atoms with Crippen molar-refractivity contribution in [1.82, 2.24) is 0 Å². The second-order valence-electron chi connectivity index (χ2n) is 4.36. The molecule has 22 heavy (non-hydrogen) atoms. The molecule has 0 atom stereocenters. The molecule has 0 heterocycles. The molecule has 0 fully saturated rings. The van der Waals surface area contributed by atoms with Crippen molar-refractivity contribution in [3.63, 3.8) is 0 Å². The van der Waals surface area contributed by atoms with E-state index in [9.17, 15) is 14.0 Å². The minimum atomic E-state index is -0.673. The Balaban J connectivity index is 1.87. The van der Waals surface area contributed by atoms with E-state index < -0.39 is 24.3 Å². The predicted molar refractivity (Wildman–Crippen MR) is 83.5 cm³/mol. The number of rotatable bonds is 5. The third-order valence-corrected chi connectivity index (χ3v) is 3.49. The fourth-order valence-corrected chi connectivity index (χ4v) is 2.16. The molecule has 0 aromatic heterocycles. The minimum Gasteiger partial charge on any atom is -0.452 e. The van der Waals surface area contributed by atoms with Gasteiger partial charge in [-0.25, -0.2) is 9.18 Å². The molecular formula is C16H14FNO3S. The lowest BCUT2D eigenvalue weighted by molar-refractivity contribution is -0.119. The molecule has 2 aromatic rings. The van der Waals surface area contributed by atoms with Crippen LogP contribution in [0.1, 0.15) is 10.4 Å². The Kier molecular flexibility index (Phi) is 5.55. The lowest BCUT2D eigenvalue weighted by atomic mass is 10.2. The summed E-state index contributed by atoms with van der Waals surface area (Å²) in [7, 11) is 0. The van der Waals surface area contributed by atoms with Crippen molar-refractivity contribution in [2.24, 2.45) is 0 Å². The molecule has 6 heteroatoms. The van der Waals surface area contributed by atoms with Gasteiger partial charge in [-0.2, -0.15) is 0 Å². The Morgan fingerprint density at radius 3 is 2.59 bits per heavy atom. The first-order valence-electron chi connectivity index (χ1n) is 6.45. The smallest absolute Gasteiger partial charge is 0.338 e. The van der Waals surface area contributed by atoms with Gasteiger partial charge in [-0.15, -0.1) is 11.8 Å². The number of nitrogens with one attached hydrogen (secondary N) is 1. The summed E-state index contributed by atoms with van der Waals surface area (Å²) in [6.45, 7) is -0.403. The summed E-state index contributed by atoms with van der Waals surface area (Å²) in [4.78, 5) is 24.4. The summed E-state index contributed by atoms with van der Waals surface area (Å²) in [5, 5.41) is 2.64. The molecule has 2 rings (SSSR count). The van der Waals surface area contributed by atoms with Gasteiger partial charge in [0.05, 0.1) is 5.56 Å². The number of halogens is 1. The van der Waals surface area contributed by atoms with Gasteiger partial charge in [-0.3, -0.25) is 4.79 Å². The Labute approximate surface area is 131 Å². The van der Waals surface area contributed by atoms with Crippen molar-refractivity contribution in [2.45, 2.75) is 4.90 Å². The third-order valence-electron chi connectivity index (χ3n) is 2.77. The van der Waals surface area contributed by atoms with Crippen molar-refractivity contribution < 1.29 is 18.7 Å². The van der Waals surface area contributed by atoms with E-state index in [1.54, 1.807) is 17.8 Å². The lowest BCUT2D eigenvalue weighted by Gasteiger charge is -2.07. The van der Waals surface area contributed by atoms with Gasteiger partial charge in [-0.05, 0) is 48.7 Å². The summed E-state index contributed by atoms with van der Waals surface area (Å²) < 4.78 is 17.6. The van der Waals surface area contributed by atoms with E-state index in [0.29, 0.717) is 5.69 Å². The van der Waals surface area contributed by atoms with Gasteiger partial charge in [-0.1, -0.05) is 6.07 Å². The van der Waals surface area contributed by atoms with E-state index in [-0.39, 0.29) is 5.56 Å². The summed E-state index contributed by atoms with van der Waals surface area (Å²) in [6.07, 6.45) is 1.94. The summed E-state index contributed by atoms with van der Waals surface area (Å²) in [5.74, 6) is -1.55. The molecule has 0 aliphatic heterocycles. The van der Waals surface area contributed by atoms with Crippen molar-refractivity contribution in [3.8, 4) is 0 Å². The van der Waals surface area contributed by atoms with Crippen LogP contribution in [0.15, 0.2) is 53.4 Å². The Bertz CT molecular complexity index is 673. The monoisotopic (exact) mass is 319 g/mol. The summed E-state index contributed by atoms with van der Waals surface area (Å²) in [5.41, 5.74) is 0.827. The quantitative estimate of drug-likeness (QED) is 0.678. The number of amides is 1. The topological polar surface area (TPSA) is 55.4 Å². The first kappa shape index (κ1) is 16.0. The van der Waals surface area contributed by atoms with Gasteiger partial charge in [0, 0.05) is 10.6 Å². The molecule has 0 saturated heterocycles. The average Bonchev–Trinajstić information content (AvgIpc) is 2.53. The van der Waals surface area contributed by atoms with E-state index in [1.165, 1.54) is 12.1 Å². The minimum absolute atomic E-state index is 0.193. The van der Waals surface area contributed by atoms with Gasteiger partial charge < -0.3 is 10.1 Å². The zero-order valence-corrected chi connectivity index (χ0v) is 12.7. The Morgan fingerprint density at radius 1 is 1.18 bits per heavy atom. The molecule has 4 nitrogen and oxygen atoms in total. The number of thioether (sulfide) groups is 1. The van der Waals surface area contributed by atoms with Crippen LogP contribution in [-0.2, 0) is 9.53 Å². The Hall–Kier alpha value is -2.34. The molecule has 0 spiro atoms. The van der Waals surface area contributed by atoms with E-state index in [1.807, 2.05) is 24.5 Å². The normalized spacial score (nSPS) is 10.1. The zero-order valence-electron chi connectivity index (χ0n) is 11.8. The number of anilines is 1. The zero-order chi connectivity index (χ0) is 15.9. The maximum Gasteiger partial charge on any atom is 0.338 e. The fourth-order valence-electron chi connectivity index (χ4n) is 1.70. The van der Waals surface area contributed by atoms with Crippen LogP contribution in [0.3, 0.4) is 0 Å². The highest BCUT2D eigenvalue weighted by atomic mass is 32.2. The number of benzene rings is 2. The molecule has 1 amide bonds. The van der Waals surface area contributed by atoms with Crippen molar-refractivity contribution in [1.29, 1.82) is 0 Å². The van der Waals surface area contributed by atoms with Gasteiger partial charge in [0.15, 0.2) is 6.61 Å². The van der Waals surface area contributed by atoms with E-state index in [0.717, 1.165) is 17.0 Å². The second-order valence-corrected chi connectivity index (χ2v) is 5.24. The highest BCUT2D eigenvalue weighted by Crippen LogP contribution is 2.18. The number of carbonyl (C=O) groups excluding carboxylic acids is 2. The van der Waals surface area contributed by atoms with E-state index in [2.05, 4.69) is 5.32 Å². The van der Waals surface area contributed by atoms with Crippen LogP contribution in [0.5, 0.6) is 0 Å². The first-order chi connectivity index (χ1) is 10.6. The number of esters is 1. The maximum absolute atomic E-state index is 12.8. The molecule has 2 aromatic carbocycles. The standard InChI is InChI=1S/C16H14FNO3S/c1-22-14-4-2-3-13(9-14)18-15(19)10-21-16(20)11-5-7-12(17)8-6-11/h2-9H,10H2,1H3,(H,18,19). The molecule has 0 aliphatic rings. The Morgan fingerprint density at radius 2 is 1.91 bits per heavy atom.